The van der Waals surface area contributed by atoms with E-state index in [2.05, 4.69) is 5.16 Å². The maximum absolute atomic E-state index is 12.6. The van der Waals surface area contributed by atoms with Crippen LogP contribution in [0.1, 0.15) is 24.3 Å². The third kappa shape index (κ3) is 2.82. The van der Waals surface area contributed by atoms with Crippen molar-refractivity contribution in [3.63, 3.8) is 0 Å². The minimum Gasteiger partial charge on any atom is -0.383 e. The van der Waals surface area contributed by atoms with Gasteiger partial charge in [0.1, 0.15) is 5.69 Å². The van der Waals surface area contributed by atoms with Crippen LogP contribution in [0.4, 0.5) is 0 Å². The van der Waals surface area contributed by atoms with Gasteiger partial charge in [0.05, 0.1) is 0 Å². The first-order chi connectivity index (χ1) is 8.93. The van der Waals surface area contributed by atoms with Gasteiger partial charge in [0.2, 0.25) is 10.0 Å². The molecular weight excluding hydrogens is 266 g/mol. The van der Waals surface area contributed by atoms with Crippen LogP contribution >= 0.6 is 0 Å². The van der Waals surface area contributed by atoms with Gasteiger partial charge in [-0.3, -0.25) is 0 Å². The number of nitrogens with zero attached hydrogens (tertiary/aromatic N) is 3. The van der Waals surface area contributed by atoms with Gasteiger partial charge in [-0.15, -0.1) is 0 Å². The van der Waals surface area contributed by atoms with Crippen molar-refractivity contribution in [2.75, 3.05) is 27.2 Å². The molecule has 2 heterocycles. The van der Waals surface area contributed by atoms with Crippen LogP contribution in [0, 0.1) is 6.92 Å². The van der Waals surface area contributed by atoms with E-state index in [1.165, 1.54) is 4.31 Å². The third-order valence-electron chi connectivity index (χ3n) is 3.02. The van der Waals surface area contributed by atoms with E-state index in [4.69, 9.17) is 4.52 Å². The Morgan fingerprint density at radius 2 is 1.95 bits per heavy atom. The molecule has 0 bridgehead atoms. The van der Waals surface area contributed by atoms with Gasteiger partial charge < -0.3 is 9.42 Å². The lowest BCUT2D eigenvalue weighted by molar-refractivity contribution is 0.404. The highest BCUT2D eigenvalue weighted by Gasteiger charge is 2.33. The lowest BCUT2D eigenvalue weighted by Gasteiger charge is -2.14. The van der Waals surface area contributed by atoms with Gasteiger partial charge in [0, 0.05) is 39.5 Å². The molecule has 1 aliphatic heterocycles. The van der Waals surface area contributed by atoms with Gasteiger partial charge in [-0.2, -0.15) is 4.31 Å². The number of rotatable bonds is 4. The maximum atomic E-state index is 12.6. The Hall–Kier alpha value is -1.34. The molecule has 1 aromatic heterocycles. The van der Waals surface area contributed by atoms with Crippen molar-refractivity contribution in [2.45, 2.75) is 24.7 Å². The second-order valence-electron chi connectivity index (χ2n) is 4.85. The fraction of sp³-hybridized carbons (Fsp3) is 0.583. The van der Waals surface area contributed by atoms with Crippen molar-refractivity contribution in [3.8, 4) is 0 Å². The van der Waals surface area contributed by atoms with E-state index in [0.717, 1.165) is 12.8 Å². The molecule has 1 fully saturated rings. The second-order valence-corrected chi connectivity index (χ2v) is 6.73. The van der Waals surface area contributed by atoms with Crippen molar-refractivity contribution in [2.24, 2.45) is 0 Å². The molecule has 0 aliphatic carbocycles. The Morgan fingerprint density at radius 1 is 1.32 bits per heavy atom. The molecule has 0 unspecified atom stereocenters. The van der Waals surface area contributed by atoms with Gasteiger partial charge in [-0.05, 0) is 19.8 Å². The monoisotopic (exact) mass is 285 g/mol. The molecular formula is C12H19N3O3S. The molecule has 2 rings (SSSR count). The Morgan fingerprint density at radius 3 is 2.53 bits per heavy atom. The summed E-state index contributed by atoms with van der Waals surface area (Å²) in [5, 5.41) is 3.78. The number of aryl methyl sites for hydroxylation is 1. The zero-order chi connectivity index (χ0) is 14.0. The second kappa shape index (κ2) is 5.34. The summed E-state index contributed by atoms with van der Waals surface area (Å²) in [7, 11) is 0.214. The van der Waals surface area contributed by atoms with Crippen molar-refractivity contribution < 1.29 is 12.9 Å². The first kappa shape index (κ1) is 14.1. The van der Waals surface area contributed by atoms with Crippen LogP contribution in [-0.4, -0.2) is 50.0 Å². The first-order valence-electron chi connectivity index (χ1n) is 6.24. The molecule has 7 heteroatoms. The molecule has 6 nitrogen and oxygen atoms in total. The van der Waals surface area contributed by atoms with E-state index in [1.54, 1.807) is 19.2 Å². The molecule has 0 amide bonds. The van der Waals surface area contributed by atoms with E-state index < -0.39 is 10.0 Å². The minimum absolute atomic E-state index is 0.188. The molecule has 1 aliphatic rings. The smallest absolute Gasteiger partial charge is 0.248 e. The predicted octanol–water partition coefficient (Wildman–Crippen LogP) is 1.30. The van der Waals surface area contributed by atoms with Crippen molar-refractivity contribution in [1.29, 1.82) is 0 Å². The standard InChI is InChI=1S/C12H19N3O3S/c1-10-12(11(18-13-10)6-9-14(2)3)19(16,17)15-7-4-5-8-15/h6,9H,4-5,7-8H2,1-3H3/b9-6+. The van der Waals surface area contributed by atoms with E-state index in [0.29, 0.717) is 18.8 Å². The predicted molar refractivity (Wildman–Crippen MR) is 72.0 cm³/mol. The normalized spacial score (nSPS) is 17.4. The lowest BCUT2D eigenvalue weighted by Crippen LogP contribution is -2.28. The van der Waals surface area contributed by atoms with Gasteiger partial charge >= 0.3 is 0 Å². The third-order valence-corrected chi connectivity index (χ3v) is 5.08. The molecule has 0 aromatic carbocycles. The van der Waals surface area contributed by atoms with Crippen LogP contribution in [-0.2, 0) is 10.0 Å². The quantitative estimate of drug-likeness (QED) is 0.834. The van der Waals surface area contributed by atoms with Crippen molar-refractivity contribution in [3.05, 3.63) is 17.7 Å². The van der Waals surface area contributed by atoms with Crippen LogP contribution in [0.5, 0.6) is 0 Å². The van der Waals surface area contributed by atoms with E-state index in [9.17, 15) is 8.42 Å². The largest absolute Gasteiger partial charge is 0.383 e. The van der Waals surface area contributed by atoms with Gasteiger partial charge in [0.25, 0.3) is 0 Å². The van der Waals surface area contributed by atoms with Crippen LogP contribution in [0.2, 0.25) is 0 Å². The van der Waals surface area contributed by atoms with Crippen LogP contribution < -0.4 is 0 Å². The number of sulfonamides is 1. The maximum Gasteiger partial charge on any atom is 0.248 e. The summed E-state index contributed by atoms with van der Waals surface area (Å²) >= 11 is 0. The molecule has 0 spiro atoms. The zero-order valence-corrected chi connectivity index (χ0v) is 12.3. The summed E-state index contributed by atoms with van der Waals surface area (Å²) in [4.78, 5) is 2.00. The molecule has 1 saturated heterocycles. The average Bonchev–Trinajstić information content (AvgIpc) is 2.95. The van der Waals surface area contributed by atoms with Gasteiger partial charge in [-0.1, -0.05) is 5.16 Å². The molecule has 0 saturated carbocycles. The van der Waals surface area contributed by atoms with Crippen LogP contribution in [0.25, 0.3) is 6.08 Å². The SMILES string of the molecule is Cc1noc(/C=C/N(C)C)c1S(=O)(=O)N1CCCC1. The number of hydrogen-bond donors (Lipinski definition) is 0. The summed E-state index contributed by atoms with van der Waals surface area (Å²) in [6, 6.07) is 0. The van der Waals surface area contributed by atoms with Gasteiger partial charge in [0.15, 0.2) is 10.7 Å². The molecule has 19 heavy (non-hydrogen) atoms. The zero-order valence-electron chi connectivity index (χ0n) is 11.5. The molecule has 1 aromatic rings. The summed E-state index contributed by atoms with van der Waals surface area (Å²) in [6.45, 7) is 2.80. The van der Waals surface area contributed by atoms with E-state index in [1.807, 2.05) is 19.0 Å². The van der Waals surface area contributed by atoms with Crippen LogP contribution in [0.3, 0.4) is 0 Å². The first-order valence-corrected chi connectivity index (χ1v) is 7.68. The Labute approximate surface area is 113 Å². The van der Waals surface area contributed by atoms with E-state index >= 15 is 0 Å². The highest BCUT2D eigenvalue weighted by atomic mass is 32.2. The highest BCUT2D eigenvalue weighted by molar-refractivity contribution is 7.89. The Bertz CT molecular complexity index is 569. The van der Waals surface area contributed by atoms with E-state index in [-0.39, 0.29) is 10.7 Å². The summed E-state index contributed by atoms with van der Waals surface area (Å²) in [5.41, 5.74) is 0.408. The fourth-order valence-corrected chi connectivity index (χ4v) is 3.84. The summed E-state index contributed by atoms with van der Waals surface area (Å²) in [5.74, 6) is 0.290. The van der Waals surface area contributed by atoms with Crippen molar-refractivity contribution >= 4 is 16.1 Å². The topological polar surface area (TPSA) is 66.7 Å². The average molecular weight is 285 g/mol. The molecule has 0 N–H and O–H groups in total. The summed E-state index contributed by atoms with van der Waals surface area (Å²) in [6.07, 6.45) is 5.19. The fourth-order valence-electron chi connectivity index (χ4n) is 2.07. The van der Waals surface area contributed by atoms with Gasteiger partial charge in [-0.25, -0.2) is 8.42 Å². The summed E-state index contributed by atoms with van der Waals surface area (Å²) < 4.78 is 31.7. The Balaban J connectivity index is 2.41. The number of aromatic nitrogens is 1. The number of hydrogen-bond acceptors (Lipinski definition) is 5. The van der Waals surface area contributed by atoms with Crippen molar-refractivity contribution in [1.82, 2.24) is 14.4 Å². The highest BCUT2D eigenvalue weighted by Crippen LogP contribution is 2.27. The lowest BCUT2D eigenvalue weighted by atomic mass is 10.4. The molecule has 0 radical (unpaired) electrons. The molecule has 0 atom stereocenters. The van der Waals surface area contributed by atoms with Crippen LogP contribution in [0.15, 0.2) is 15.6 Å². The Kier molecular flexibility index (Phi) is 3.96. The minimum atomic E-state index is -3.50. The molecule has 106 valence electrons.